The molecule has 0 bridgehead atoms. The molecule has 2 N–H and O–H groups in total. The van der Waals surface area contributed by atoms with Crippen molar-refractivity contribution >= 4 is 17.8 Å². The minimum Gasteiger partial charge on any atom is -0.502 e. The molecule has 2 aromatic carbocycles. The van der Waals surface area contributed by atoms with Gasteiger partial charge in [-0.3, -0.25) is 4.79 Å². The summed E-state index contributed by atoms with van der Waals surface area (Å²) in [6.07, 6.45) is 2.89. The average Bonchev–Trinajstić information content (AvgIpc) is 2.70. The quantitative estimate of drug-likeness (QED) is 0.498. The number of hydrogen-bond acceptors (Lipinski definition) is 7. The maximum Gasteiger partial charge on any atom is 0.341 e. The molecule has 0 radical (unpaired) electrons. The molecule has 0 saturated heterocycles. The second-order valence-corrected chi connectivity index (χ2v) is 5.52. The molecule has 2 aromatic rings. The van der Waals surface area contributed by atoms with Crippen LogP contribution in [0, 0.1) is 0 Å². The monoisotopic (exact) mass is 388 g/mol. The van der Waals surface area contributed by atoms with E-state index in [1.807, 2.05) is 0 Å². The number of carbonyl (C=O) groups excluding carboxylic acids is 1. The highest BCUT2D eigenvalue weighted by molar-refractivity contribution is 6.07. The van der Waals surface area contributed by atoms with Gasteiger partial charge in [-0.1, -0.05) is 6.08 Å². The second-order valence-electron chi connectivity index (χ2n) is 5.52. The molecule has 0 aliphatic rings. The van der Waals surface area contributed by atoms with Crippen molar-refractivity contribution in [3.8, 4) is 28.7 Å². The van der Waals surface area contributed by atoms with Gasteiger partial charge in [0.05, 0.1) is 21.3 Å². The van der Waals surface area contributed by atoms with Crippen LogP contribution in [0.1, 0.15) is 15.9 Å². The molecule has 0 unspecified atom stereocenters. The van der Waals surface area contributed by atoms with Crippen molar-refractivity contribution in [3.05, 3.63) is 47.5 Å². The third-order valence-electron chi connectivity index (χ3n) is 3.73. The maximum atomic E-state index is 12.5. The highest BCUT2D eigenvalue weighted by Gasteiger charge is 2.12. The van der Waals surface area contributed by atoms with E-state index in [1.54, 1.807) is 18.2 Å². The number of phenols is 1. The topological polar surface area (TPSA) is 112 Å². The van der Waals surface area contributed by atoms with Gasteiger partial charge in [0.1, 0.15) is 0 Å². The minimum atomic E-state index is -1.12. The molecule has 0 aromatic heterocycles. The van der Waals surface area contributed by atoms with E-state index < -0.39 is 12.6 Å². The number of ether oxygens (including phenoxy) is 4. The van der Waals surface area contributed by atoms with Crippen molar-refractivity contribution in [2.75, 3.05) is 27.9 Å². The molecule has 28 heavy (non-hydrogen) atoms. The molecular weight excluding hydrogens is 368 g/mol. The van der Waals surface area contributed by atoms with Crippen LogP contribution in [0.2, 0.25) is 0 Å². The van der Waals surface area contributed by atoms with Crippen LogP contribution in [-0.4, -0.2) is 49.9 Å². The van der Waals surface area contributed by atoms with Crippen LogP contribution in [0.25, 0.3) is 6.08 Å². The smallest absolute Gasteiger partial charge is 0.341 e. The van der Waals surface area contributed by atoms with E-state index in [2.05, 4.69) is 0 Å². The van der Waals surface area contributed by atoms with Gasteiger partial charge in [-0.15, -0.1) is 0 Å². The molecule has 8 heteroatoms. The summed E-state index contributed by atoms with van der Waals surface area (Å²) in [4.78, 5) is 23.1. The number of carbonyl (C=O) groups is 2. The Labute approximate surface area is 161 Å². The van der Waals surface area contributed by atoms with Crippen molar-refractivity contribution in [2.45, 2.75) is 0 Å². The number of methoxy groups -OCH3 is 3. The number of carboxylic acids is 1. The Hall–Kier alpha value is -3.68. The summed E-state index contributed by atoms with van der Waals surface area (Å²) < 4.78 is 20.4. The Kier molecular flexibility index (Phi) is 6.86. The zero-order valence-electron chi connectivity index (χ0n) is 15.6. The molecule has 0 saturated carbocycles. The molecule has 0 fully saturated rings. The number of allylic oxidation sites excluding steroid dienone is 1. The van der Waals surface area contributed by atoms with E-state index in [0.717, 1.165) is 0 Å². The zero-order valence-corrected chi connectivity index (χ0v) is 15.6. The van der Waals surface area contributed by atoms with Crippen LogP contribution in [0.4, 0.5) is 0 Å². The predicted octanol–water partition coefficient (Wildman–Crippen LogP) is 2.78. The van der Waals surface area contributed by atoms with Crippen molar-refractivity contribution in [1.29, 1.82) is 0 Å². The van der Waals surface area contributed by atoms with Crippen LogP contribution >= 0.6 is 0 Å². The molecule has 0 aliphatic heterocycles. The van der Waals surface area contributed by atoms with E-state index in [0.29, 0.717) is 11.1 Å². The summed E-state index contributed by atoms with van der Waals surface area (Å²) in [5.74, 6) is -0.665. The SMILES string of the molecule is COc1cc(C(=O)/C=C/c2cc(OC)c(O)c(OC)c2)ccc1OCC(=O)O. The fourth-order valence-corrected chi connectivity index (χ4v) is 2.36. The van der Waals surface area contributed by atoms with Crippen molar-refractivity contribution in [2.24, 2.45) is 0 Å². The molecule has 148 valence electrons. The number of phenolic OH excluding ortho intramolecular Hbond substituents is 1. The van der Waals surface area contributed by atoms with Crippen molar-refractivity contribution in [1.82, 2.24) is 0 Å². The van der Waals surface area contributed by atoms with Gasteiger partial charge in [0.15, 0.2) is 35.4 Å². The number of ketones is 1. The fraction of sp³-hybridized carbons (Fsp3) is 0.200. The molecule has 2 rings (SSSR count). The van der Waals surface area contributed by atoms with Gasteiger partial charge >= 0.3 is 5.97 Å². The minimum absolute atomic E-state index is 0.129. The second kappa shape index (κ2) is 9.31. The van der Waals surface area contributed by atoms with Gasteiger partial charge < -0.3 is 29.2 Å². The third kappa shape index (κ3) is 4.94. The van der Waals surface area contributed by atoms with Crippen LogP contribution in [0.15, 0.2) is 36.4 Å². The van der Waals surface area contributed by atoms with Gasteiger partial charge in [-0.2, -0.15) is 0 Å². The van der Waals surface area contributed by atoms with E-state index >= 15 is 0 Å². The summed E-state index contributed by atoms with van der Waals surface area (Å²) in [5.41, 5.74) is 0.918. The summed E-state index contributed by atoms with van der Waals surface area (Å²) in [5, 5.41) is 18.6. The molecule has 0 amide bonds. The number of aromatic hydroxyl groups is 1. The number of hydrogen-bond donors (Lipinski definition) is 2. The van der Waals surface area contributed by atoms with E-state index in [1.165, 1.54) is 45.6 Å². The lowest BCUT2D eigenvalue weighted by Gasteiger charge is -2.10. The average molecular weight is 388 g/mol. The Bertz CT molecular complexity index is 876. The normalized spacial score (nSPS) is 10.5. The molecule has 0 spiro atoms. The first-order chi connectivity index (χ1) is 13.4. The highest BCUT2D eigenvalue weighted by atomic mass is 16.5. The highest BCUT2D eigenvalue weighted by Crippen LogP contribution is 2.37. The van der Waals surface area contributed by atoms with Gasteiger partial charge in [-0.25, -0.2) is 4.79 Å². The standard InChI is InChI=1S/C20H20O8/c1-25-16-10-13(5-7-15(16)28-11-19(22)23)14(21)6-4-12-8-17(26-2)20(24)18(9-12)27-3/h4-10,24H,11H2,1-3H3,(H,22,23)/b6-4+. The first-order valence-electron chi connectivity index (χ1n) is 8.09. The number of benzene rings is 2. The number of aliphatic carboxylic acids is 1. The van der Waals surface area contributed by atoms with E-state index in [9.17, 15) is 14.7 Å². The third-order valence-corrected chi connectivity index (χ3v) is 3.73. The fourth-order valence-electron chi connectivity index (χ4n) is 2.36. The number of rotatable bonds is 9. The Morgan fingerprint density at radius 3 is 2.07 bits per heavy atom. The molecule has 0 heterocycles. The lowest BCUT2D eigenvalue weighted by molar-refractivity contribution is -0.139. The van der Waals surface area contributed by atoms with Crippen LogP contribution in [0.5, 0.6) is 28.7 Å². The maximum absolute atomic E-state index is 12.5. The molecule has 0 atom stereocenters. The largest absolute Gasteiger partial charge is 0.502 e. The van der Waals surface area contributed by atoms with Crippen LogP contribution in [-0.2, 0) is 4.79 Å². The van der Waals surface area contributed by atoms with Gasteiger partial charge in [0.25, 0.3) is 0 Å². The lowest BCUT2D eigenvalue weighted by atomic mass is 10.1. The first kappa shape index (κ1) is 20.6. The Morgan fingerprint density at radius 2 is 1.54 bits per heavy atom. The van der Waals surface area contributed by atoms with Crippen LogP contribution < -0.4 is 18.9 Å². The predicted molar refractivity (Wildman–Crippen MR) is 101 cm³/mol. The summed E-state index contributed by atoms with van der Waals surface area (Å²) in [7, 11) is 4.21. The Morgan fingerprint density at radius 1 is 0.929 bits per heavy atom. The molecular formula is C20H20O8. The van der Waals surface area contributed by atoms with Gasteiger partial charge in [-0.05, 0) is 42.0 Å². The lowest BCUT2D eigenvalue weighted by Crippen LogP contribution is -2.10. The zero-order chi connectivity index (χ0) is 20.7. The van der Waals surface area contributed by atoms with E-state index in [4.69, 9.17) is 24.1 Å². The van der Waals surface area contributed by atoms with Gasteiger partial charge in [0.2, 0.25) is 5.75 Å². The summed E-state index contributed by atoms with van der Waals surface area (Å²) in [6.45, 7) is -0.520. The van der Waals surface area contributed by atoms with Crippen molar-refractivity contribution in [3.63, 3.8) is 0 Å². The van der Waals surface area contributed by atoms with Crippen molar-refractivity contribution < 1.29 is 38.7 Å². The van der Waals surface area contributed by atoms with Gasteiger partial charge in [0, 0.05) is 5.56 Å². The summed E-state index contributed by atoms with van der Waals surface area (Å²) in [6, 6.07) is 7.55. The Balaban J connectivity index is 2.23. The summed E-state index contributed by atoms with van der Waals surface area (Å²) >= 11 is 0. The van der Waals surface area contributed by atoms with E-state index in [-0.39, 0.29) is 34.5 Å². The van der Waals surface area contributed by atoms with Crippen LogP contribution in [0.3, 0.4) is 0 Å². The molecule has 0 aliphatic carbocycles. The molecule has 8 nitrogen and oxygen atoms in total. The first-order valence-corrected chi connectivity index (χ1v) is 8.09. The number of carboxylic acid groups (broad SMARTS) is 1.